The minimum Gasteiger partial charge on any atom is -0.492 e. The Morgan fingerprint density at radius 2 is 1.95 bits per heavy atom. The van der Waals surface area contributed by atoms with Gasteiger partial charge in [-0.3, -0.25) is 0 Å². The SMILES string of the molecule is CCC(CSC)N(C)S(=O)(=O)c1ccc(OCCCl)cc1. The van der Waals surface area contributed by atoms with Crippen LogP contribution < -0.4 is 4.74 Å². The molecular formula is C14H22ClNO3S2. The van der Waals surface area contributed by atoms with E-state index >= 15 is 0 Å². The highest BCUT2D eigenvalue weighted by atomic mass is 35.5. The van der Waals surface area contributed by atoms with Gasteiger partial charge in [-0.15, -0.1) is 11.6 Å². The van der Waals surface area contributed by atoms with Gasteiger partial charge < -0.3 is 4.74 Å². The van der Waals surface area contributed by atoms with Crippen LogP contribution in [-0.2, 0) is 10.0 Å². The first kappa shape index (κ1) is 18.6. The average molecular weight is 352 g/mol. The molecule has 0 aliphatic rings. The monoisotopic (exact) mass is 351 g/mol. The second-order valence-electron chi connectivity index (χ2n) is 4.55. The zero-order chi connectivity index (χ0) is 15.9. The lowest BCUT2D eigenvalue weighted by molar-refractivity contribution is 0.342. The first-order chi connectivity index (χ1) is 9.97. The molecule has 0 saturated carbocycles. The van der Waals surface area contributed by atoms with Crippen molar-refractivity contribution >= 4 is 33.4 Å². The van der Waals surface area contributed by atoms with Gasteiger partial charge in [-0.25, -0.2) is 8.42 Å². The predicted molar refractivity (Wildman–Crippen MR) is 90.1 cm³/mol. The molecule has 0 aromatic heterocycles. The van der Waals surface area contributed by atoms with Crippen LogP contribution in [0.25, 0.3) is 0 Å². The Labute approximate surface area is 136 Å². The number of hydrogen-bond acceptors (Lipinski definition) is 4. The van der Waals surface area contributed by atoms with Gasteiger partial charge >= 0.3 is 0 Å². The fraction of sp³-hybridized carbons (Fsp3) is 0.571. The van der Waals surface area contributed by atoms with Gasteiger partial charge in [-0.1, -0.05) is 6.92 Å². The topological polar surface area (TPSA) is 46.6 Å². The van der Waals surface area contributed by atoms with E-state index in [2.05, 4.69) is 0 Å². The summed E-state index contributed by atoms with van der Waals surface area (Å²) in [5.74, 6) is 1.80. The van der Waals surface area contributed by atoms with Crippen molar-refractivity contribution in [2.45, 2.75) is 24.3 Å². The highest BCUT2D eigenvalue weighted by Gasteiger charge is 2.26. The Morgan fingerprint density at radius 1 is 1.33 bits per heavy atom. The number of hydrogen-bond donors (Lipinski definition) is 0. The number of halogens is 1. The molecular weight excluding hydrogens is 330 g/mol. The molecule has 0 bridgehead atoms. The molecule has 0 heterocycles. The van der Waals surface area contributed by atoms with Crippen LogP contribution in [0, 0.1) is 0 Å². The van der Waals surface area contributed by atoms with Crippen molar-refractivity contribution in [3.63, 3.8) is 0 Å². The zero-order valence-corrected chi connectivity index (χ0v) is 15.0. The Hall–Kier alpha value is -0.430. The molecule has 4 nitrogen and oxygen atoms in total. The van der Waals surface area contributed by atoms with Crippen molar-refractivity contribution in [3.8, 4) is 5.75 Å². The summed E-state index contributed by atoms with van der Waals surface area (Å²) in [7, 11) is -1.83. The molecule has 1 aromatic carbocycles. The minimum atomic E-state index is -3.47. The van der Waals surface area contributed by atoms with Gasteiger partial charge in [-0.2, -0.15) is 16.1 Å². The fourth-order valence-electron chi connectivity index (χ4n) is 1.90. The molecule has 1 unspecified atom stereocenters. The highest BCUT2D eigenvalue weighted by molar-refractivity contribution is 7.98. The largest absolute Gasteiger partial charge is 0.492 e. The lowest BCUT2D eigenvalue weighted by atomic mass is 10.3. The van der Waals surface area contributed by atoms with Crippen molar-refractivity contribution in [3.05, 3.63) is 24.3 Å². The van der Waals surface area contributed by atoms with Crippen LogP contribution in [0.5, 0.6) is 5.75 Å². The molecule has 21 heavy (non-hydrogen) atoms. The quantitative estimate of drug-likeness (QED) is 0.641. The third-order valence-corrected chi connectivity index (χ3v) is 5.99. The number of sulfonamides is 1. The van der Waals surface area contributed by atoms with Crippen LogP contribution in [0.4, 0.5) is 0 Å². The first-order valence-electron chi connectivity index (χ1n) is 6.73. The maximum absolute atomic E-state index is 12.6. The normalized spacial score (nSPS) is 13.4. The van der Waals surface area contributed by atoms with Gasteiger partial charge in [0.15, 0.2) is 0 Å². The summed E-state index contributed by atoms with van der Waals surface area (Å²) in [6, 6.07) is 6.45. The van der Waals surface area contributed by atoms with Crippen LogP contribution >= 0.6 is 23.4 Å². The number of thioether (sulfide) groups is 1. The summed E-state index contributed by atoms with van der Waals surface area (Å²) in [6.07, 6.45) is 2.76. The van der Waals surface area contributed by atoms with E-state index in [1.54, 1.807) is 43.1 Å². The third-order valence-electron chi connectivity index (χ3n) is 3.19. The zero-order valence-electron chi connectivity index (χ0n) is 12.6. The number of benzene rings is 1. The van der Waals surface area contributed by atoms with Crippen molar-refractivity contribution in [1.29, 1.82) is 0 Å². The van der Waals surface area contributed by atoms with E-state index in [4.69, 9.17) is 16.3 Å². The minimum absolute atomic E-state index is 0.00262. The number of rotatable bonds is 9. The lowest BCUT2D eigenvalue weighted by Crippen LogP contribution is -2.38. The second kappa shape index (κ2) is 8.88. The smallest absolute Gasteiger partial charge is 0.243 e. The Bertz CT molecular complexity index is 520. The predicted octanol–water partition coefficient (Wildman–Crippen LogP) is 3.07. The molecule has 0 amide bonds. The molecule has 0 fully saturated rings. The van der Waals surface area contributed by atoms with Crippen LogP contribution in [0.3, 0.4) is 0 Å². The standard InChI is InChI=1S/C14H22ClNO3S2/c1-4-12(11-20-3)16(2)21(17,18)14-7-5-13(6-8-14)19-10-9-15/h5-8,12H,4,9-11H2,1-3H3. The number of nitrogens with zero attached hydrogens (tertiary/aromatic N) is 1. The lowest BCUT2D eigenvalue weighted by Gasteiger charge is -2.26. The van der Waals surface area contributed by atoms with Crippen LogP contribution in [-0.4, -0.2) is 50.3 Å². The Morgan fingerprint density at radius 3 is 2.43 bits per heavy atom. The van der Waals surface area contributed by atoms with Gasteiger partial charge in [0.25, 0.3) is 0 Å². The summed E-state index contributed by atoms with van der Waals surface area (Å²) in [5.41, 5.74) is 0. The van der Waals surface area contributed by atoms with E-state index in [-0.39, 0.29) is 10.9 Å². The third kappa shape index (κ3) is 5.06. The Balaban J connectivity index is 2.91. The fourth-order valence-corrected chi connectivity index (χ4v) is 4.34. The second-order valence-corrected chi connectivity index (χ2v) is 7.83. The van der Waals surface area contributed by atoms with Crippen molar-refractivity contribution in [1.82, 2.24) is 4.31 Å². The maximum Gasteiger partial charge on any atom is 0.243 e. The molecule has 0 saturated heterocycles. The van der Waals surface area contributed by atoms with E-state index in [9.17, 15) is 8.42 Å². The molecule has 120 valence electrons. The summed E-state index contributed by atoms with van der Waals surface area (Å²) in [5, 5.41) is 0. The van der Waals surface area contributed by atoms with Gasteiger partial charge in [0.1, 0.15) is 12.4 Å². The molecule has 0 aliphatic carbocycles. The van der Waals surface area contributed by atoms with Crippen molar-refractivity contribution < 1.29 is 13.2 Å². The summed E-state index contributed by atoms with van der Waals surface area (Å²) in [6.45, 7) is 2.40. The number of alkyl halides is 1. The van der Waals surface area contributed by atoms with Gasteiger partial charge in [0, 0.05) is 18.8 Å². The number of ether oxygens (including phenoxy) is 1. The van der Waals surface area contributed by atoms with Gasteiger partial charge in [-0.05, 0) is 36.9 Å². The van der Waals surface area contributed by atoms with Crippen LogP contribution in [0.15, 0.2) is 29.2 Å². The molecule has 0 spiro atoms. The van der Waals surface area contributed by atoms with E-state index in [1.807, 2.05) is 13.2 Å². The average Bonchev–Trinajstić information content (AvgIpc) is 2.50. The van der Waals surface area contributed by atoms with Crippen LogP contribution in [0.1, 0.15) is 13.3 Å². The van der Waals surface area contributed by atoms with Gasteiger partial charge in [0.05, 0.1) is 10.8 Å². The van der Waals surface area contributed by atoms with Crippen molar-refractivity contribution in [2.75, 3.05) is 31.5 Å². The van der Waals surface area contributed by atoms with Crippen molar-refractivity contribution in [2.24, 2.45) is 0 Å². The molecule has 1 aromatic rings. The summed E-state index contributed by atoms with van der Waals surface area (Å²) >= 11 is 7.19. The van der Waals surface area contributed by atoms with E-state index < -0.39 is 10.0 Å². The molecule has 1 atom stereocenters. The summed E-state index contributed by atoms with van der Waals surface area (Å²) < 4.78 is 32.0. The molecule has 0 aliphatic heterocycles. The maximum atomic E-state index is 12.6. The first-order valence-corrected chi connectivity index (χ1v) is 10.1. The van der Waals surface area contributed by atoms with E-state index in [0.29, 0.717) is 18.2 Å². The Kier molecular flexibility index (Phi) is 7.87. The van der Waals surface area contributed by atoms with E-state index in [0.717, 1.165) is 12.2 Å². The molecule has 0 radical (unpaired) electrons. The molecule has 0 N–H and O–H groups in total. The highest BCUT2D eigenvalue weighted by Crippen LogP contribution is 2.22. The van der Waals surface area contributed by atoms with Crippen LogP contribution in [0.2, 0.25) is 0 Å². The molecule has 7 heteroatoms. The summed E-state index contributed by atoms with van der Waals surface area (Å²) in [4.78, 5) is 0.280. The van der Waals surface area contributed by atoms with Gasteiger partial charge in [0.2, 0.25) is 10.0 Å². The van der Waals surface area contributed by atoms with E-state index in [1.165, 1.54) is 4.31 Å². The molecule has 1 rings (SSSR count).